The molecule has 2 N–H and O–H groups in total. The molecule has 1 atom stereocenters. The fraction of sp³-hybridized carbons (Fsp3) is 0.800. The molecule has 0 saturated carbocycles. The average molecular weight is 212 g/mol. The van der Waals surface area contributed by atoms with Gasteiger partial charge >= 0.3 is 5.97 Å². The number of amides is 1. The van der Waals surface area contributed by atoms with Crippen molar-refractivity contribution < 1.29 is 14.7 Å². The second-order valence-electron chi connectivity index (χ2n) is 4.28. The number of likely N-dealkylation sites (tertiary alicyclic amines) is 1. The topological polar surface area (TPSA) is 69.6 Å². The molecule has 84 valence electrons. The van der Waals surface area contributed by atoms with Gasteiger partial charge in [-0.05, 0) is 12.8 Å². The van der Waals surface area contributed by atoms with Crippen LogP contribution in [0.2, 0.25) is 0 Å². The number of nitrogens with zero attached hydrogens (tertiary/aromatic N) is 1. The summed E-state index contributed by atoms with van der Waals surface area (Å²) in [7, 11) is 0. The fourth-order valence-corrected chi connectivity index (χ4v) is 2.24. The molecule has 2 rings (SSSR count). The Morgan fingerprint density at radius 1 is 1.40 bits per heavy atom. The molecule has 1 amide bonds. The largest absolute Gasteiger partial charge is 0.481 e. The van der Waals surface area contributed by atoms with Crippen LogP contribution in [0.25, 0.3) is 0 Å². The minimum atomic E-state index is -0.813. The summed E-state index contributed by atoms with van der Waals surface area (Å²) in [5.41, 5.74) is 0. The van der Waals surface area contributed by atoms with E-state index in [4.69, 9.17) is 5.11 Å². The van der Waals surface area contributed by atoms with Crippen LogP contribution in [0.3, 0.4) is 0 Å². The SMILES string of the molecule is O=C(O)CC1CCCN1C(=O)C1CNC1. The molecule has 2 heterocycles. The highest BCUT2D eigenvalue weighted by Crippen LogP contribution is 2.23. The van der Waals surface area contributed by atoms with Crippen LogP contribution in [0.15, 0.2) is 0 Å². The zero-order chi connectivity index (χ0) is 10.8. The van der Waals surface area contributed by atoms with Crippen molar-refractivity contribution in [3.63, 3.8) is 0 Å². The lowest BCUT2D eigenvalue weighted by atomic mass is 10.0. The molecule has 0 aromatic carbocycles. The first-order valence-electron chi connectivity index (χ1n) is 5.41. The Labute approximate surface area is 88.4 Å². The van der Waals surface area contributed by atoms with E-state index >= 15 is 0 Å². The van der Waals surface area contributed by atoms with Crippen LogP contribution in [-0.4, -0.2) is 47.6 Å². The van der Waals surface area contributed by atoms with Crippen LogP contribution < -0.4 is 5.32 Å². The molecule has 5 heteroatoms. The van der Waals surface area contributed by atoms with Crippen molar-refractivity contribution in [2.24, 2.45) is 5.92 Å². The van der Waals surface area contributed by atoms with Gasteiger partial charge in [-0.1, -0.05) is 0 Å². The number of hydrogen-bond donors (Lipinski definition) is 2. The number of hydrogen-bond acceptors (Lipinski definition) is 3. The van der Waals surface area contributed by atoms with Gasteiger partial charge < -0.3 is 15.3 Å². The average Bonchev–Trinajstić information content (AvgIpc) is 2.47. The molecule has 0 aliphatic carbocycles. The van der Waals surface area contributed by atoms with Crippen LogP contribution in [0.4, 0.5) is 0 Å². The van der Waals surface area contributed by atoms with Gasteiger partial charge in [0.2, 0.25) is 5.91 Å². The number of rotatable bonds is 3. The van der Waals surface area contributed by atoms with E-state index in [9.17, 15) is 9.59 Å². The van der Waals surface area contributed by atoms with Crippen molar-refractivity contribution in [2.75, 3.05) is 19.6 Å². The first kappa shape index (κ1) is 10.4. The summed E-state index contributed by atoms with van der Waals surface area (Å²) in [5, 5.41) is 11.8. The van der Waals surface area contributed by atoms with Crippen LogP contribution in [0, 0.1) is 5.92 Å². The maximum absolute atomic E-state index is 11.9. The zero-order valence-corrected chi connectivity index (χ0v) is 8.61. The van der Waals surface area contributed by atoms with E-state index in [1.54, 1.807) is 4.90 Å². The molecule has 2 saturated heterocycles. The van der Waals surface area contributed by atoms with E-state index < -0.39 is 5.97 Å². The van der Waals surface area contributed by atoms with Crippen molar-refractivity contribution >= 4 is 11.9 Å². The van der Waals surface area contributed by atoms with Gasteiger partial charge in [0.25, 0.3) is 0 Å². The first-order chi connectivity index (χ1) is 7.18. The highest BCUT2D eigenvalue weighted by molar-refractivity contribution is 5.81. The van der Waals surface area contributed by atoms with Crippen LogP contribution in [-0.2, 0) is 9.59 Å². The molecular weight excluding hydrogens is 196 g/mol. The molecule has 2 fully saturated rings. The van der Waals surface area contributed by atoms with Crippen molar-refractivity contribution in [1.82, 2.24) is 10.2 Å². The Morgan fingerprint density at radius 3 is 2.67 bits per heavy atom. The lowest BCUT2D eigenvalue weighted by Crippen LogP contribution is -2.53. The maximum Gasteiger partial charge on any atom is 0.305 e. The van der Waals surface area contributed by atoms with Gasteiger partial charge in [-0.2, -0.15) is 0 Å². The first-order valence-corrected chi connectivity index (χ1v) is 5.41. The zero-order valence-electron chi connectivity index (χ0n) is 8.61. The molecule has 2 aliphatic rings. The lowest BCUT2D eigenvalue weighted by molar-refractivity contribution is -0.142. The summed E-state index contributed by atoms with van der Waals surface area (Å²) in [6, 6.07) is -0.0735. The second-order valence-corrected chi connectivity index (χ2v) is 4.28. The van der Waals surface area contributed by atoms with E-state index in [0.29, 0.717) is 0 Å². The third kappa shape index (κ3) is 2.12. The van der Waals surface area contributed by atoms with Crippen molar-refractivity contribution in [3.8, 4) is 0 Å². The number of nitrogens with one attached hydrogen (secondary N) is 1. The number of aliphatic carboxylic acids is 1. The maximum atomic E-state index is 11.9. The van der Waals surface area contributed by atoms with E-state index in [0.717, 1.165) is 32.5 Å². The Morgan fingerprint density at radius 2 is 2.13 bits per heavy atom. The Hall–Kier alpha value is -1.10. The smallest absolute Gasteiger partial charge is 0.305 e. The molecule has 0 aromatic heterocycles. The van der Waals surface area contributed by atoms with Crippen molar-refractivity contribution in [3.05, 3.63) is 0 Å². The standard InChI is InChI=1S/C10H16N2O3/c13-9(14)4-8-2-1-3-12(8)10(15)7-5-11-6-7/h7-8,11H,1-6H2,(H,13,14). The predicted octanol–water partition coefficient (Wildman–Crippen LogP) is -0.329. The Bertz CT molecular complexity index is 276. The van der Waals surface area contributed by atoms with Crippen molar-refractivity contribution in [1.29, 1.82) is 0 Å². The molecule has 0 bridgehead atoms. The van der Waals surface area contributed by atoms with Gasteiger partial charge in [-0.25, -0.2) is 0 Å². The highest BCUT2D eigenvalue weighted by Gasteiger charge is 2.36. The molecule has 0 aromatic rings. The normalized spacial score (nSPS) is 26.4. The van der Waals surface area contributed by atoms with Crippen LogP contribution >= 0.6 is 0 Å². The van der Waals surface area contributed by atoms with Crippen LogP contribution in [0.5, 0.6) is 0 Å². The molecule has 2 aliphatic heterocycles. The Kier molecular flexibility index (Phi) is 2.90. The molecule has 0 radical (unpaired) electrons. The van der Waals surface area contributed by atoms with E-state index in [1.807, 2.05) is 0 Å². The monoisotopic (exact) mass is 212 g/mol. The third-order valence-corrected chi connectivity index (χ3v) is 3.20. The van der Waals surface area contributed by atoms with Gasteiger partial charge in [0.15, 0.2) is 0 Å². The number of carboxylic acid groups (broad SMARTS) is 1. The number of carbonyl (C=O) groups is 2. The molecule has 1 unspecified atom stereocenters. The van der Waals surface area contributed by atoms with E-state index in [-0.39, 0.29) is 24.3 Å². The minimum Gasteiger partial charge on any atom is -0.481 e. The summed E-state index contributed by atoms with van der Waals surface area (Å²) in [4.78, 5) is 24.3. The van der Waals surface area contributed by atoms with Gasteiger partial charge in [0, 0.05) is 25.7 Å². The quantitative estimate of drug-likeness (QED) is 0.672. The minimum absolute atomic E-state index is 0.0735. The van der Waals surface area contributed by atoms with Gasteiger partial charge in [-0.3, -0.25) is 9.59 Å². The van der Waals surface area contributed by atoms with Gasteiger partial charge in [0.1, 0.15) is 0 Å². The Balaban J connectivity index is 1.94. The molecule has 0 spiro atoms. The molecule has 5 nitrogen and oxygen atoms in total. The lowest BCUT2D eigenvalue weighted by Gasteiger charge is -2.33. The summed E-state index contributed by atoms with van der Waals surface area (Å²) >= 11 is 0. The summed E-state index contributed by atoms with van der Waals surface area (Å²) < 4.78 is 0. The number of carbonyl (C=O) groups excluding carboxylic acids is 1. The van der Waals surface area contributed by atoms with E-state index in [1.165, 1.54) is 0 Å². The van der Waals surface area contributed by atoms with Gasteiger partial charge in [-0.15, -0.1) is 0 Å². The van der Waals surface area contributed by atoms with Gasteiger partial charge in [0.05, 0.1) is 12.3 Å². The fourth-order valence-electron chi connectivity index (χ4n) is 2.24. The third-order valence-electron chi connectivity index (χ3n) is 3.20. The van der Waals surface area contributed by atoms with E-state index in [2.05, 4.69) is 5.32 Å². The number of carboxylic acids is 1. The summed E-state index contributed by atoms with van der Waals surface area (Å²) in [6.07, 6.45) is 1.86. The molecule has 15 heavy (non-hydrogen) atoms. The predicted molar refractivity (Wildman–Crippen MR) is 53.3 cm³/mol. The summed E-state index contributed by atoms with van der Waals surface area (Å²) in [5.74, 6) is -0.594. The van der Waals surface area contributed by atoms with Crippen LogP contribution in [0.1, 0.15) is 19.3 Å². The summed E-state index contributed by atoms with van der Waals surface area (Å²) in [6.45, 7) is 2.22. The van der Waals surface area contributed by atoms with Crippen molar-refractivity contribution in [2.45, 2.75) is 25.3 Å². The second kappa shape index (κ2) is 4.18. The molecular formula is C10H16N2O3. The highest BCUT2D eigenvalue weighted by atomic mass is 16.4.